The van der Waals surface area contributed by atoms with Crippen LogP contribution in [0, 0.1) is 0 Å². The van der Waals surface area contributed by atoms with Crippen molar-refractivity contribution in [2.75, 3.05) is 0 Å². The van der Waals surface area contributed by atoms with Crippen LogP contribution in [0.5, 0.6) is 5.75 Å². The number of ether oxygens (including phenoxy) is 1. The molecular formula is C12H14N4O. The van der Waals surface area contributed by atoms with E-state index in [0.29, 0.717) is 11.9 Å². The molecule has 3 rings (SSSR count). The lowest BCUT2D eigenvalue weighted by molar-refractivity contribution is 0.303. The van der Waals surface area contributed by atoms with E-state index in [0.717, 1.165) is 24.2 Å². The first-order valence-corrected chi connectivity index (χ1v) is 5.70. The first kappa shape index (κ1) is 10.3. The van der Waals surface area contributed by atoms with Crippen molar-refractivity contribution in [3.8, 4) is 5.75 Å². The van der Waals surface area contributed by atoms with Gasteiger partial charge >= 0.3 is 0 Å². The van der Waals surface area contributed by atoms with Crippen LogP contribution in [-0.2, 0) is 0 Å². The Morgan fingerprint density at radius 3 is 3.00 bits per heavy atom. The number of nitrogens with zero attached hydrogens (tertiary/aromatic N) is 2. The molecule has 2 aromatic rings. The summed E-state index contributed by atoms with van der Waals surface area (Å²) in [7, 11) is 0. The van der Waals surface area contributed by atoms with E-state index in [9.17, 15) is 0 Å². The van der Waals surface area contributed by atoms with Crippen molar-refractivity contribution in [3.63, 3.8) is 0 Å². The van der Waals surface area contributed by atoms with Gasteiger partial charge < -0.3 is 10.5 Å². The van der Waals surface area contributed by atoms with E-state index in [2.05, 4.69) is 15.2 Å². The molecule has 17 heavy (non-hydrogen) atoms. The number of hydrogen-bond acceptors (Lipinski definition) is 4. The van der Waals surface area contributed by atoms with Gasteiger partial charge in [-0.1, -0.05) is 12.1 Å². The van der Waals surface area contributed by atoms with E-state index in [1.807, 2.05) is 24.3 Å². The summed E-state index contributed by atoms with van der Waals surface area (Å²) in [6.07, 6.45) is 4.16. The van der Waals surface area contributed by atoms with Gasteiger partial charge in [-0.25, -0.2) is 4.98 Å². The molecule has 1 saturated carbocycles. The Kier molecular flexibility index (Phi) is 2.53. The van der Waals surface area contributed by atoms with Crippen LogP contribution in [0.15, 0.2) is 30.6 Å². The van der Waals surface area contributed by atoms with Gasteiger partial charge in [0.25, 0.3) is 0 Å². The predicted octanol–water partition coefficient (Wildman–Crippen LogP) is 1.39. The van der Waals surface area contributed by atoms with Crippen molar-refractivity contribution >= 4 is 0 Å². The molecule has 1 aromatic heterocycles. The average Bonchev–Trinajstić information content (AvgIpc) is 2.99. The highest BCUT2D eigenvalue weighted by molar-refractivity contribution is 5.33. The standard InChI is InChI=1S/C12H14N4O/c13-11(12-14-7-15-16-12)8-2-1-3-10(6-8)17-9-4-5-9/h1-3,6-7,9,11H,4-5,13H2,(H,14,15,16). The predicted molar refractivity (Wildman–Crippen MR) is 62.5 cm³/mol. The Morgan fingerprint density at radius 1 is 1.41 bits per heavy atom. The summed E-state index contributed by atoms with van der Waals surface area (Å²) >= 11 is 0. The molecule has 0 radical (unpaired) electrons. The third kappa shape index (κ3) is 2.29. The zero-order chi connectivity index (χ0) is 11.7. The third-order valence-corrected chi connectivity index (χ3v) is 2.77. The van der Waals surface area contributed by atoms with Crippen LogP contribution in [0.1, 0.15) is 30.3 Å². The Morgan fingerprint density at radius 2 is 2.29 bits per heavy atom. The minimum atomic E-state index is -0.291. The van der Waals surface area contributed by atoms with Crippen LogP contribution < -0.4 is 10.5 Å². The van der Waals surface area contributed by atoms with E-state index < -0.39 is 0 Å². The molecule has 1 atom stereocenters. The molecule has 0 aliphatic heterocycles. The van der Waals surface area contributed by atoms with Crippen molar-refractivity contribution in [2.45, 2.75) is 25.0 Å². The van der Waals surface area contributed by atoms with Crippen molar-refractivity contribution in [1.29, 1.82) is 0 Å². The quantitative estimate of drug-likeness (QED) is 0.832. The van der Waals surface area contributed by atoms with Gasteiger partial charge in [0.1, 0.15) is 17.9 Å². The molecule has 3 N–H and O–H groups in total. The largest absolute Gasteiger partial charge is 0.490 e. The molecule has 1 heterocycles. The summed E-state index contributed by atoms with van der Waals surface area (Å²) in [6, 6.07) is 7.54. The van der Waals surface area contributed by atoms with E-state index in [1.54, 1.807) is 0 Å². The maximum Gasteiger partial charge on any atom is 0.145 e. The normalized spacial score (nSPS) is 16.8. The molecule has 0 spiro atoms. The molecule has 1 aliphatic rings. The van der Waals surface area contributed by atoms with Crippen molar-refractivity contribution in [1.82, 2.24) is 15.2 Å². The van der Waals surface area contributed by atoms with Gasteiger partial charge in [0.15, 0.2) is 0 Å². The second-order valence-electron chi connectivity index (χ2n) is 4.24. The zero-order valence-electron chi connectivity index (χ0n) is 9.34. The second-order valence-corrected chi connectivity index (χ2v) is 4.24. The SMILES string of the molecule is NC(c1cccc(OC2CC2)c1)c1ncn[nH]1. The second kappa shape index (κ2) is 4.18. The highest BCUT2D eigenvalue weighted by Gasteiger charge is 2.23. The van der Waals surface area contributed by atoms with Crippen LogP contribution in [-0.4, -0.2) is 21.3 Å². The minimum Gasteiger partial charge on any atom is -0.490 e. The van der Waals surface area contributed by atoms with Gasteiger partial charge in [-0.05, 0) is 30.5 Å². The molecule has 1 fully saturated rings. The first-order valence-electron chi connectivity index (χ1n) is 5.70. The van der Waals surface area contributed by atoms with Gasteiger partial charge in [-0.2, -0.15) is 5.10 Å². The van der Waals surface area contributed by atoms with Crippen molar-refractivity contribution in [3.05, 3.63) is 42.0 Å². The maximum atomic E-state index is 6.09. The van der Waals surface area contributed by atoms with Crippen LogP contribution in [0.2, 0.25) is 0 Å². The first-order chi connectivity index (χ1) is 8.33. The highest BCUT2D eigenvalue weighted by Crippen LogP contribution is 2.28. The van der Waals surface area contributed by atoms with Gasteiger partial charge in [0.2, 0.25) is 0 Å². The van der Waals surface area contributed by atoms with Gasteiger partial charge in [0, 0.05) is 0 Å². The lowest BCUT2D eigenvalue weighted by Crippen LogP contribution is -2.13. The Bertz CT molecular complexity index is 493. The summed E-state index contributed by atoms with van der Waals surface area (Å²) in [5, 5.41) is 6.58. The van der Waals surface area contributed by atoms with E-state index >= 15 is 0 Å². The smallest absolute Gasteiger partial charge is 0.145 e. The summed E-state index contributed by atoms with van der Waals surface area (Å²) in [6.45, 7) is 0. The van der Waals surface area contributed by atoms with Crippen LogP contribution >= 0.6 is 0 Å². The van der Waals surface area contributed by atoms with Crippen molar-refractivity contribution < 1.29 is 4.74 Å². The van der Waals surface area contributed by atoms with Gasteiger partial charge in [0.05, 0.1) is 12.1 Å². The molecule has 5 nitrogen and oxygen atoms in total. The molecule has 1 aromatic carbocycles. The Hall–Kier alpha value is -1.88. The number of hydrogen-bond donors (Lipinski definition) is 2. The minimum absolute atomic E-state index is 0.291. The molecular weight excluding hydrogens is 216 g/mol. The average molecular weight is 230 g/mol. The number of nitrogens with two attached hydrogens (primary N) is 1. The molecule has 88 valence electrons. The zero-order valence-corrected chi connectivity index (χ0v) is 9.34. The highest BCUT2D eigenvalue weighted by atomic mass is 16.5. The molecule has 0 saturated heterocycles. The number of nitrogens with one attached hydrogen (secondary N) is 1. The monoisotopic (exact) mass is 230 g/mol. The summed E-state index contributed by atoms with van der Waals surface area (Å²) in [5.74, 6) is 1.54. The number of benzene rings is 1. The third-order valence-electron chi connectivity index (χ3n) is 2.77. The van der Waals surface area contributed by atoms with Crippen LogP contribution in [0.25, 0.3) is 0 Å². The molecule has 1 aliphatic carbocycles. The lowest BCUT2D eigenvalue weighted by atomic mass is 10.1. The fourth-order valence-electron chi connectivity index (χ4n) is 1.68. The van der Waals surface area contributed by atoms with E-state index in [-0.39, 0.29) is 6.04 Å². The Balaban J connectivity index is 1.81. The maximum absolute atomic E-state index is 6.09. The molecule has 0 amide bonds. The molecule has 1 unspecified atom stereocenters. The van der Waals surface area contributed by atoms with Crippen molar-refractivity contribution in [2.24, 2.45) is 5.73 Å². The topological polar surface area (TPSA) is 76.8 Å². The summed E-state index contributed by atoms with van der Waals surface area (Å²) in [5.41, 5.74) is 7.06. The van der Waals surface area contributed by atoms with E-state index in [1.165, 1.54) is 6.33 Å². The van der Waals surface area contributed by atoms with E-state index in [4.69, 9.17) is 10.5 Å². The Labute approximate surface area is 99.0 Å². The summed E-state index contributed by atoms with van der Waals surface area (Å²) < 4.78 is 5.73. The number of H-pyrrole nitrogens is 1. The summed E-state index contributed by atoms with van der Waals surface area (Å²) in [4.78, 5) is 4.06. The molecule has 0 bridgehead atoms. The molecule has 5 heteroatoms. The van der Waals surface area contributed by atoms with Crippen LogP contribution in [0.4, 0.5) is 0 Å². The number of aromatic nitrogens is 3. The van der Waals surface area contributed by atoms with Gasteiger partial charge in [-0.3, -0.25) is 5.10 Å². The van der Waals surface area contributed by atoms with Gasteiger partial charge in [-0.15, -0.1) is 0 Å². The van der Waals surface area contributed by atoms with Crippen LogP contribution in [0.3, 0.4) is 0 Å². The number of aromatic amines is 1. The number of rotatable bonds is 4. The lowest BCUT2D eigenvalue weighted by Gasteiger charge is -2.11. The fourth-order valence-corrected chi connectivity index (χ4v) is 1.68. The fraction of sp³-hybridized carbons (Fsp3) is 0.333.